The van der Waals surface area contributed by atoms with E-state index < -0.39 is 19.2 Å². The molecule has 0 spiro atoms. The number of esters is 1. The lowest BCUT2D eigenvalue weighted by molar-refractivity contribution is -0.122. The number of ether oxygens (including phenoxy) is 2. The van der Waals surface area contributed by atoms with Crippen LogP contribution >= 0.6 is 0 Å². The zero-order valence-corrected chi connectivity index (χ0v) is 14.0. The highest BCUT2D eigenvalue weighted by molar-refractivity contribution is 5.99. The quantitative estimate of drug-likeness (QED) is 0.766. The molecule has 1 aliphatic rings. The fraction of sp³-hybridized carbons (Fsp3) is 0.263. The van der Waals surface area contributed by atoms with Gasteiger partial charge >= 0.3 is 12.6 Å². The molecule has 0 N–H and O–H groups in total. The number of hydrogen-bond acceptors (Lipinski definition) is 4. The van der Waals surface area contributed by atoms with Crippen molar-refractivity contribution >= 4 is 17.6 Å². The van der Waals surface area contributed by atoms with Gasteiger partial charge in [-0.1, -0.05) is 24.3 Å². The summed E-state index contributed by atoms with van der Waals surface area (Å²) in [6.07, 6.45) is 0.739. The number of nitrogens with zero attached hydrogens (tertiary/aromatic N) is 1. The highest BCUT2D eigenvalue weighted by Crippen LogP contribution is 2.31. The zero-order chi connectivity index (χ0) is 18.7. The van der Waals surface area contributed by atoms with Gasteiger partial charge in [-0.3, -0.25) is 4.79 Å². The summed E-state index contributed by atoms with van der Waals surface area (Å²) in [5.41, 5.74) is 1.91. The molecule has 0 bridgehead atoms. The first-order valence-corrected chi connectivity index (χ1v) is 8.07. The van der Waals surface area contributed by atoms with E-state index in [0.29, 0.717) is 0 Å². The Kier molecular flexibility index (Phi) is 5.16. The summed E-state index contributed by atoms with van der Waals surface area (Å²) < 4.78 is 33.8. The fourth-order valence-electron chi connectivity index (χ4n) is 3.03. The van der Waals surface area contributed by atoms with Gasteiger partial charge in [-0.15, -0.1) is 0 Å². The molecular weight excluding hydrogens is 344 g/mol. The number of carbonyl (C=O) groups excluding carboxylic acids is 2. The van der Waals surface area contributed by atoms with Crippen LogP contribution < -0.4 is 9.64 Å². The third kappa shape index (κ3) is 3.82. The third-order valence-corrected chi connectivity index (χ3v) is 4.10. The molecule has 2 aromatic rings. The zero-order valence-electron chi connectivity index (χ0n) is 14.0. The maximum absolute atomic E-state index is 12.5. The van der Waals surface area contributed by atoms with E-state index in [1.54, 1.807) is 4.90 Å². The van der Waals surface area contributed by atoms with Gasteiger partial charge in [0.1, 0.15) is 5.75 Å². The Morgan fingerprint density at radius 2 is 1.96 bits per heavy atom. The molecule has 1 amide bonds. The average molecular weight is 361 g/mol. The van der Waals surface area contributed by atoms with Crippen LogP contribution in [0.3, 0.4) is 0 Å². The number of hydrogen-bond donors (Lipinski definition) is 0. The van der Waals surface area contributed by atoms with E-state index >= 15 is 0 Å². The molecule has 0 saturated carbocycles. The maximum Gasteiger partial charge on any atom is 0.387 e. The van der Waals surface area contributed by atoms with Crippen molar-refractivity contribution in [2.24, 2.45) is 0 Å². The highest BCUT2D eigenvalue weighted by atomic mass is 19.3. The number of fused-ring (bicyclic) bond motifs is 1. The standard InChI is InChI=1S/C19H17F2NO4/c1-12-9-13-5-2-3-8-16(13)22(12)17(23)11-25-18(24)14-6-4-7-15(10-14)26-19(20)21/h2-8,10,12,19H,9,11H2,1H3. The Labute approximate surface area is 149 Å². The van der Waals surface area contributed by atoms with Crippen molar-refractivity contribution in [2.45, 2.75) is 26.0 Å². The van der Waals surface area contributed by atoms with Crippen LogP contribution in [0.2, 0.25) is 0 Å². The molecule has 5 nitrogen and oxygen atoms in total. The molecule has 0 fully saturated rings. The van der Waals surface area contributed by atoms with E-state index in [9.17, 15) is 18.4 Å². The summed E-state index contributed by atoms with van der Waals surface area (Å²) in [4.78, 5) is 26.2. The molecule has 1 aliphatic heterocycles. The average Bonchev–Trinajstić information content (AvgIpc) is 2.94. The van der Waals surface area contributed by atoms with Crippen molar-refractivity contribution in [3.05, 3.63) is 59.7 Å². The molecular formula is C19H17F2NO4. The van der Waals surface area contributed by atoms with Crippen LogP contribution in [0.25, 0.3) is 0 Å². The summed E-state index contributed by atoms with van der Waals surface area (Å²) in [5.74, 6) is -1.27. The monoisotopic (exact) mass is 361 g/mol. The first kappa shape index (κ1) is 17.8. The van der Waals surface area contributed by atoms with E-state index in [1.807, 2.05) is 31.2 Å². The molecule has 0 aliphatic carbocycles. The van der Waals surface area contributed by atoms with Crippen LogP contribution in [-0.2, 0) is 16.0 Å². The number of amides is 1. The van der Waals surface area contributed by atoms with E-state index in [4.69, 9.17) is 4.74 Å². The molecule has 2 aromatic carbocycles. The van der Waals surface area contributed by atoms with Crippen molar-refractivity contribution in [3.8, 4) is 5.75 Å². The van der Waals surface area contributed by atoms with E-state index in [2.05, 4.69) is 4.74 Å². The van der Waals surface area contributed by atoms with Crippen LogP contribution in [0.5, 0.6) is 5.75 Å². The van der Waals surface area contributed by atoms with Gasteiger partial charge in [-0.05, 0) is 43.2 Å². The minimum Gasteiger partial charge on any atom is -0.452 e. The molecule has 1 heterocycles. The van der Waals surface area contributed by atoms with Gasteiger partial charge in [0.05, 0.1) is 5.56 Å². The topological polar surface area (TPSA) is 55.8 Å². The number of benzene rings is 2. The number of rotatable bonds is 5. The molecule has 7 heteroatoms. The number of anilines is 1. The Balaban J connectivity index is 1.64. The second-order valence-corrected chi connectivity index (χ2v) is 5.93. The second kappa shape index (κ2) is 7.51. The Morgan fingerprint density at radius 3 is 2.73 bits per heavy atom. The van der Waals surface area contributed by atoms with Crippen molar-refractivity contribution in [3.63, 3.8) is 0 Å². The van der Waals surface area contributed by atoms with Crippen LogP contribution in [0.1, 0.15) is 22.8 Å². The largest absolute Gasteiger partial charge is 0.452 e. The molecule has 3 rings (SSSR count). The smallest absolute Gasteiger partial charge is 0.387 e. The molecule has 0 saturated heterocycles. The first-order chi connectivity index (χ1) is 12.5. The van der Waals surface area contributed by atoms with Gasteiger partial charge < -0.3 is 14.4 Å². The molecule has 0 radical (unpaired) electrons. The van der Waals surface area contributed by atoms with Crippen LogP contribution in [0.4, 0.5) is 14.5 Å². The normalized spacial score (nSPS) is 15.7. The van der Waals surface area contributed by atoms with E-state index in [1.165, 1.54) is 18.2 Å². The predicted octanol–water partition coefficient (Wildman–Crippen LogP) is 3.42. The SMILES string of the molecule is CC1Cc2ccccc2N1C(=O)COC(=O)c1cccc(OC(F)F)c1. The summed E-state index contributed by atoms with van der Waals surface area (Å²) in [7, 11) is 0. The maximum atomic E-state index is 12.5. The van der Waals surface area contributed by atoms with Gasteiger partial charge in [-0.25, -0.2) is 4.79 Å². The van der Waals surface area contributed by atoms with Crippen molar-refractivity contribution < 1.29 is 27.8 Å². The lowest BCUT2D eigenvalue weighted by Crippen LogP contribution is -2.38. The first-order valence-electron chi connectivity index (χ1n) is 8.07. The van der Waals surface area contributed by atoms with Gasteiger partial charge in [0, 0.05) is 11.7 Å². The van der Waals surface area contributed by atoms with Gasteiger partial charge in [-0.2, -0.15) is 8.78 Å². The molecule has 26 heavy (non-hydrogen) atoms. The van der Waals surface area contributed by atoms with Gasteiger partial charge in [0.25, 0.3) is 5.91 Å². The lowest BCUT2D eigenvalue weighted by Gasteiger charge is -2.22. The van der Waals surface area contributed by atoms with Gasteiger partial charge in [0.2, 0.25) is 0 Å². The third-order valence-electron chi connectivity index (χ3n) is 4.10. The Bertz CT molecular complexity index is 825. The van der Waals surface area contributed by atoms with E-state index in [0.717, 1.165) is 23.7 Å². The number of halogens is 2. The Hall–Kier alpha value is -2.96. The highest BCUT2D eigenvalue weighted by Gasteiger charge is 2.31. The molecule has 0 aromatic heterocycles. The van der Waals surface area contributed by atoms with Crippen LogP contribution in [0.15, 0.2) is 48.5 Å². The lowest BCUT2D eigenvalue weighted by atomic mass is 10.1. The van der Waals surface area contributed by atoms with E-state index in [-0.39, 0.29) is 23.3 Å². The molecule has 1 atom stereocenters. The van der Waals surface area contributed by atoms with Crippen LogP contribution in [0, 0.1) is 0 Å². The summed E-state index contributed by atoms with van der Waals surface area (Å²) >= 11 is 0. The van der Waals surface area contributed by atoms with Crippen molar-refractivity contribution in [2.75, 3.05) is 11.5 Å². The molecule has 1 unspecified atom stereocenters. The summed E-state index contributed by atoms with van der Waals surface area (Å²) in [6, 6.07) is 12.8. The fourth-order valence-corrected chi connectivity index (χ4v) is 3.03. The number of alkyl halides is 2. The van der Waals surface area contributed by atoms with Crippen molar-refractivity contribution in [1.29, 1.82) is 0 Å². The van der Waals surface area contributed by atoms with Crippen molar-refractivity contribution in [1.82, 2.24) is 0 Å². The number of para-hydroxylation sites is 1. The second-order valence-electron chi connectivity index (χ2n) is 5.93. The summed E-state index contributed by atoms with van der Waals surface area (Å²) in [6.45, 7) is -1.50. The minimum atomic E-state index is -2.99. The predicted molar refractivity (Wildman–Crippen MR) is 90.5 cm³/mol. The summed E-state index contributed by atoms with van der Waals surface area (Å²) in [5, 5.41) is 0. The van der Waals surface area contributed by atoms with Gasteiger partial charge in [0.15, 0.2) is 6.61 Å². The minimum absolute atomic E-state index is 0.0265. The number of carbonyl (C=O) groups is 2. The van der Waals surface area contributed by atoms with Crippen LogP contribution in [-0.4, -0.2) is 31.1 Å². The molecule has 136 valence electrons. The Morgan fingerprint density at radius 1 is 1.19 bits per heavy atom.